The van der Waals surface area contributed by atoms with Crippen LogP contribution in [0.4, 0.5) is 15.8 Å². The SMILES string of the molecule is O=S1(=O)C(CCCCl)Oc2ccccc2N1c1ccccc1F. The average molecular weight is 356 g/mol. The fraction of sp³-hybridized carbons (Fsp3) is 0.250. The number of rotatable bonds is 4. The summed E-state index contributed by atoms with van der Waals surface area (Å²) in [5.74, 6) is 0.130. The molecule has 2 aromatic carbocycles. The summed E-state index contributed by atoms with van der Waals surface area (Å²) in [6, 6.07) is 12.5. The van der Waals surface area contributed by atoms with E-state index in [1.165, 1.54) is 18.2 Å². The number of sulfonamides is 1. The Morgan fingerprint density at radius 3 is 2.43 bits per heavy atom. The summed E-state index contributed by atoms with van der Waals surface area (Å²) in [7, 11) is -3.91. The van der Waals surface area contributed by atoms with Crippen molar-refractivity contribution in [2.45, 2.75) is 18.3 Å². The number of ether oxygens (including phenoxy) is 1. The van der Waals surface area contributed by atoms with E-state index in [1.807, 2.05) is 0 Å². The van der Waals surface area contributed by atoms with Crippen molar-refractivity contribution in [1.82, 2.24) is 0 Å². The lowest BCUT2D eigenvalue weighted by Crippen LogP contribution is -2.43. The van der Waals surface area contributed by atoms with E-state index in [4.69, 9.17) is 16.3 Å². The molecule has 1 aliphatic heterocycles. The van der Waals surface area contributed by atoms with Crippen LogP contribution < -0.4 is 9.04 Å². The summed E-state index contributed by atoms with van der Waals surface area (Å²) >= 11 is 5.67. The van der Waals surface area contributed by atoms with Crippen LogP contribution in [0.1, 0.15) is 12.8 Å². The van der Waals surface area contributed by atoms with Gasteiger partial charge in [-0.2, -0.15) is 0 Å². The summed E-state index contributed by atoms with van der Waals surface area (Å²) in [4.78, 5) is 0. The molecule has 1 aliphatic rings. The Hall–Kier alpha value is -1.79. The minimum atomic E-state index is -3.91. The number of para-hydroxylation sites is 3. The monoisotopic (exact) mass is 355 g/mol. The Labute approximate surface area is 139 Å². The van der Waals surface area contributed by atoms with Crippen LogP contribution in [0.25, 0.3) is 0 Å². The van der Waals surface area contributed by atoms with E-state index in [0.717, 1.165) is 4.31 Å². The molecule has 1 atom stereocenters. The molecule has 122 valence electrons. The number of nitrogens with zero attached hydrogens (tertiary/aromatic N) is 1. The molecule has 0 spiro atoms. The number of anilines is 2. The van der Waals surface area contributed by atoms with Crippen LogP contribution >= 0.6 is 11.6 Å². The third-order valence-electron chi connectivity index (χ3n) is 3.57. The van der Waals surface area contributed by atoms with Crippen LogP contribution in [0.15, 0.2) is 48.5 Å². The molecule has 0 N–H and O–H groups in total. The van der Waals surface area contributed by atoms with Gasteiger partial charge in [0.05, 0.1) is 11.4 Å². The van der Waals surface area contributed by atoms with E-state index in [-0.39, 0.29) is 12.1 Å². The molecule has 0 amide bonds. The maximum absolute atomic E-state index is 14.2. The van der Waals surface area contributed by atoms with Gasteiger partial charge in [0, 0.05) is 12.3 Å². The first-order chi connectivity index (χ1) is 11.1. The zero-order chi connectivity index (χ0) is 16.4. The van der Waals surface area contributed by atoms with Gasteiger partial charge in [0.2, 0.25) is 5.44 Å². The molecule has 0 bridgehead atoms. The van der Waals surface area contributed by atoms with Gasteiger partial charge in [-0.05, 0) is 30.7 Å². The minimum Gasteiger partial charge on any atom is -0.470 e. The lowest BCUT2D eigenvalue weighted by Gasteiger charge is -2.35. The van der Waals surface area contributed by atoms with Crippen LogP contribution in [-0.2, 0) is 10.0 Å². The van der Waals surface area contributed by atoms with Crippen molar-refractivity contribution >= 4 is 33.0 Å². The maximum Gasteiger partial charge on any atom is 0.278 e. The highest BCUT2D eigenvalue weighted by Gasteiger charge is 2.41. The zero-order valence-corrected chi connectivity index (χ0v) is 13.7. The third kappa shape index (κ3) is 2.88. The lowest BCUT2D eigenvalue weighted by atomic mass is 10.2. The number of hydrogen-bond acceptors (Lipinski definition) is 3. The van der Waals surface area contributed by atoms with Gasteiger partial charge < -0.3 is 4.74 Å². The number of halogens is 2. The molecule has 3 rings (SSSR count). The van der Waals surface area contributed by atoms with Gasteiger partial charge in [0.15, 0.2) is 0 Å². The van der Waals surface area contributed by atoms with Crippen LogP contribution in [0, 0.1) is 5.82 Å². The quantitative estimate of drug-likeness (QED) is 0.778. The predicted octanol–water partition coefficient (Wildman–Crippen LogP) is 4.03. The first-order valence-electron chi connectivity index (χ1n) is 7.16. The molecule has 0 saturated carbocycles. The highest BCUT2D eigenvalue weighted by Crippen LogP contribution is 2.43. The molecule has 2 aromatic rings. The number of fused-ring (bicyclic) bond motifs is 1. The van der Waals surface area contributed by atoms with Gasteiger partial charge in [-0.3, -0.25) is 0 Å². The number of benzene rings is 2. The molecule has 0 aliphatic carbocycles. The summed E-state index contributed by atoms with van der Waals surface area (Å²) < 4.78 is 46.7. The molecular weight excluding hydrogens is 341 g/mol. The third-order valence-corrected chi connectivity index (χ3v) is 5.74. The van der Waals surface area contributed by atoms with Gasteiger partial charge in [-0.15, -0.1) is 11.6 Å². The van der Waals surface area contributed by atoms with E-state index >= 15 is 0 Å². The van der Waals surface area contributed by atoms with E-state index in [1.54, 1.807) is 30.3 Å². The molecule has 0 saturated heterocycles. The summed E-state index contributed by atoms with van der Waals surface area (Å²) in [6.07, 6.45) is 0.726. The largest absolute Gasteiger partial charge is 0.470 e. The fourth-order valence-electron chi connectivity index (χ4n) is 2.52. The predicted molar refractivity (Wildman–Crippen MR) is 88.3 cm³/mol. The summed E-state index contributed by atoms with van der Waals surface area (Å²) in [5, 5.41) is 0. The average Bonchev–Trinajstić information content (AvgIpc) is 2.54. The topological polar surface area (TPSA) is 46.6 Å². The first kappa shape index (κ1) is 16.1. The molecular formula is C16H15ClFNO3S. The molecule has 0 fully saturated rings. The normalized spacial score (nSPS) is 19.0. The van der Waals surface area contributed by atoms with Gasteiger partial charge >= 0.3 is 0 Å². The Kier molecular flexibility index (Phi) is 4.46. The Morgan fingerprint density at radius 1 is 1.09 bits per heavy atom. The fourth-order valence-corrected chi connectivity index (χ4v) is 4.44. The second-order valence-electron chi connectivity index (χ2n) is 5.11. The molecule has 0 radical (unpaired) electrons. The van der Waals surface area contributed by atoms with E-state index in [2.05, 4.69) is 0 Å². The zero-order valence-electron chi connectivity index (χ0n) is 12.2. The molecule has 4 nitrogen and oxygen atoms in total. The number of hydrogen-bond donors (Lipinski definition) is 0. The van der Waals surface area contributed by atoms with Crippen molar-refractivity contribution in [3.8, 4) is 5.75 Å². The summed E-state index contributed by atoms with van der Waals surface area (Å²) in [5.41, 5.74) is -0.797. The Bertz CT molecular complexity index is 812. The van der Waals surface area contributed by atoms with E-state index < -0.39 is 21.3 Å². The van der Waals surface area contributed by atoms with Crippen molar-refractivity contribution in [1.29, 1.82) is 0 Å². The molecule has 0 aromatic heterocycles. The van der Waals surface area contributed by atoms with Crippen molar-refractivity contribution in [3.63, 3.8) is 0 Å². The molecule has 7 heteroatoms. The van der Waals surface area contributed by atoms with Crippen molar-refractivity contribution in [3.05, 3.63) is 54.3 Å². The van der Waals surface area contributed by atoms with Gasteiger partial charge in [-0.25, -0.2) is 17.1 Å². The molecule has 1 unspecified atom stereocenters. The maximum atomic E-state index is 14.2. The van der Waals surface area contributed by atoms with Crippen LogP contribution in [0.3, 0.4) is 0 Å². The smallest absolute Gasteiger partial charge is 0.278 e. The second-order valence-corrected chi connectivity index (χ2v) is 7.41. The standard InChI is InChI=1S/C16H15ClFNO3S/c17-11-5-10-16-22-15-9-4-3-8-14(15)19(23(16,20)21)13-7-2-1-6-12(13)18/h1-4,6-9,16H,5,10-11H2. The van der Waals surface area contributed by atoms with Crippen molar-refractivity contribution < 1.29 is 17.5 Å². The van der Waals surface area contributed by atoms with Crippen molar-refractivity contribution in [2.24, 2.45) is 0 Å². The minimum absolute atomic E-state index is 0.0147. The lowest BCUT2D eigenvalue weighted by molar-refractivity contribution is 0.257. The number of alkyl halides is 1. The first-order valence-corrected chi connectivity index (χ1v) is 9.20. The Morgan fingerprint density at radius 2 is 1.74 bits per heavy atom. The van der Waals surface area contributed by atoms with Crippen LogP contribution in [0.5, 0.6) is 5.75 Å². The Balaban J connectivity index is 2.16. The van der Waals surface area contributed by atoms with Crippen molar-refractivity contribution in [2.75, 3.05) is 10.2 Å². The van der Waals surface area contributed by atoms with Gasteiger partial charge in [0.1, 0.15) is 11.6 Å². The van der Waals surface area contributed by atoms with Crippen LogP contribution in [0.2, 0.25) is 0 Å². The molecule has 1 heterocycles. The van der Waals surface area contributed by atoms with Gasteiger partial charge in [-0.1, -0.05) is 24.3 Å². The second kappa shape index (κ2) is 6.37. The molecule has 23 heavy (non-hydrogen) atoms. The summed E-state index contributed by atoms with van der Waals surface area (Å²) in [6.45, 7) is 0. The van der Waals surface area contributed by atoms with Gasteiger partial charge in [0.25, 0.3) is 10.0 Å². The van der Waals surface area contributed by atoms with E-state index in [9.17, 15) is 12.8 Å². The highest BCUT2D eigenvalue weighted by molar-refractivity contribution is 7.93. The van der Waals surface area contributed by atoms with Crippen LogP contribution in [-0.4, -0.2) is 19.7 Å². The highest BCUT2D eigenvalue weighted by atomic mass is 35.5. The van der Waals surface area contributed by atoms with E-state index in [0.29, 0.717) is 23.7 Å².